The van der Waals surface area contributed by atoms with Crippen molar-refractivity contribution in [2.45, 2.75) is 25.6 Å². The van der Waals surface area contributed by atoms with E-state index < -0.39 is 11.7 Å². The summed E-state index contributed by atoms with van der Waals surface area (Å²) in [6.45, 7) is 1.69. The topological polar surface area (TPSA) is 40.7 Å². The Morgan fingerprint density at radius 1 is 1.15 bits per heavy atom. The van der Waals surface area contributed by atoms with E-state index in [0.717, 1.165) is 54.4 Å². The van der Waals surface area contributed by atoms with E-state index in [1.165, 1.54) is 12.1 Å². The highest BCUT2D eigenvalue weighted by molar-refractivity contribution is 5.28. The van der Waals surface area contributed by atoms with E-state index in [1.54, 1.807) is 0 Å². The van der Waals surface area contributed by atoms with Crippen LogP contribution in [0.5, 0.6) is 0 Å². The number of alkyl halides is 3. The van der Waals surface area contributed by atoms with Crippen LogP contribution in [0.15, 0.2) is 24.3 Å². The molecule has 6 heteroatoms. The summed E-state index contributed by atoms with van der Waals surface area (Å²) in [7, 11) is 0. The van der Waals surface area contributed by atoms with Gasteiger partial charge in [-0.25, -0.2) is 4.98 Å². The molecule has 2 heterocycles. The molecule has 0 spiro atoms. The molecule has 0 aliphatic carbocycles. The first kappa shape index (κ1) is 13.2. The quantitative estimate of drug-likeness (QED) is 0.888. The summed E-state index contributed by atoms with van der Waals surface area (Å²) in [5, 5.41) is 3.25. The zero-order valence-corrected chi connectivity index (χ0v) is 10.7. The molecule has 0 saturated carbocycles. The van der Waals surface area contributed by atoms with Crippen LogP contribution >= 0.6 is 0 Å². The highest BCUT2D eigenvalue weighted by Crippen LogP contribution is 2.29. The van der Waals surface area contributed by atoms with Gasteiger partial charge in [0.15, 0.2) is 0 Å². The van der Waals surface area contributed by atoms with Gasteiger partial charge in [-0.3, -0.25) is 0 Å². The number of hydrogen-bond donors (Lipinski definition) is 2. The first-order chi connectivity index (χ1) is 9.52. The van der Waals surface area contributed by atoms with Gasteiger partial charge in [-0.15, -0.1) is 0 Å². The van der Waals surface area contributed by atoms with Crippen LogP contribution in [0.1, 0.15) is 28.3 Å². The maximum atomic E-state index is 12.5. The van der Waals surface area contributed by atoms with Crippen molar-refractivity contribution in [3.8, 4) is 0 Å². The summed E-state index contributed by atoms with van der Waals surface area (Å²) in [5.74, 6) is 0.804. The number of nitrogens with one attached hydrogen (secondary N) is 2. The van der Waals surface area contributed by atoms with Gasteiger partial charge in [0.2, 0.25) is 0 Å². The number of nitrogens with zero attached hydrogens (tertiary/aromatic N) is 1. The van der Waals surface area contributed by atoms with Gasteiger partial charge < -0.3 is 10.3 Å². The third-order valence-corrected chi connectivity index (χ3v) is 3.41. The third kappa shape index (κ3) is 2.70. The van der Waals surface area contributed by atoms with Crippen molar-refractivity contribution in [1.82, 2.24) is 15.3 Å². The molecule has 1 aliphatic heterocycles. The Morgan fingerprint density at radius 2 is 1.90 bits per heavy atom. The molecule has 1 aromatic heterocycles. The minimum Gasteiger partial charge on any atom is -0.344 e. The second kappa shape index (κ2) is 4.94. The largest absolute Gasteiger partial charge is 0.416 e. The molecular formula is C14H14F3N3. The maximum absolute atomic E-state index is 12.5. The summed E-state index contributed by atoms with van der Waals surface area (Å²) < 4.78 is 37.4. The summed E-state index contributed by atoms with van der Waals surface area (Å²) in [6.07, 6.45) is -2.88. The Bertz CT molecular complexity index is 576. The predicted octanol–water partition coefficient (Wildman–Crippen LogP) is 2.67. The third-order valence-electron chi connectivity index (χ3n) is 3.41. The van der Waals surface area contributed by atoms with Gasteiger partial charge in [-0.05, 0) is 17.7 Å². The van der Waals surface area contributed by atoms with Gasteiger partial charge in [0.25, 0.3) is 0 Å². The van der Waals surface area contributed by atoms with Gasteiger partial charge in [0.05, 0.1) is 17.0 Å². The van der Waals surface area contributed by atoms with E-state index in [4.69, 9.17) is 0 Å². The molecule has 20 heavy (non-hydrogen) atoms. The monoisotopic (exact) mass is 281 g/mol. The van der Waals surface area contributed by atoms with Crippen LogP contribution in [0.2, 0.25) is 0 Å². The van der Waals surface area contributed by atoms with Crippen molar-refractivity contribution in [3.05, 3.63) is 52.6 Å². The smallest absolute Gasteiger partial charge is 0.344 e. The SMILES string of the molecule is FC(F)(F)c1ccc(Cc2nc3c([nH]2)CNCC3)cc1. The molecule has 0 saturated heterocycles. The van der Waals surface area contributed by atoms with E-state index in [-0.39, 0.29) is 0 Å². The Morgan fingerprint density at radius 3 is 2.55 bits per heavy atom. The molecule has 0 unspecified atom stereocenters. The summed E-state index contributed by atoms with van der Waals surface area (Å²) in [4.78, 5) is 7.73. The van der Waals surface area contributed by atoms with Crippen LogP contribution in [-0.4, -0.2) is 16.5 Å². The average molecular weight is 281 g/mol. The second-order valence-corrected chi connectivity index (χ2v) is 4.91. The molecule has 0 atom stereocenters. The van der Waals surface area contributed by atoms with Gasteiger partial charge in [0.1, 0.15) is 5.82 Å². The number of hydrogen-bond acceptors (Lipinski definition) is 2. The molecule has 1 aliphatic rings. The van der Waals surface area contributed by atoms with Crippen LogP contribution in [0, 0.1) is 0 Å². The predicted molar refractivity (Wildman–Crippen MR) is 68.2 cm³/mol. The van der Waals surface area contributed by atoms with Crippen LogP contribution in [0.25, 0.3) is 0 Å². The number of benzene rings is 1. The fraction of sp³-hybridized carbons (Fsp3) is 0.357. The first-order valence-electron chi connectivity index (χ1n) is 6.46. The van der Waals surface area contributed by atoms with Crippen molar-refractivity contribution in [1.29, 1.82) is 0 Å². The van der Waals surface area contributed by atoms with E-state index in [1.807, 2.05) is 0 Å². The lowest BCUT2D eigenvalue weighted by Gasteiger charge is -2.09. The summed E-state index contributed by atoms with van der Waals surface area (Å²) >= 11 is 0. The van der Waals surface area contributed by atoms with Crippen molar-refractivity contribution in [2.24, 2.45) is 0 Å². The number of aromatic nitrogens is 2. The molecular weight excluding hydrogens is 267 g/mol. The fourth-order valence-corrected chi connectivity index (χ4v) is 2.37. The molecule has 2 N–H and O–H groups in total. The Balaban J connectivity index is 1.76. The number of fused-ring (bicyclic) bond motifs is 1. The van der Waals surface area contributed by atoms with Crippen molar-refractivity contribution >= 4 is 0 Å². The van der Waals surface area contributed by atoms with Gasteiger partial charge in [-0.2, -0.15) is 13.2 Å². The molecule has 2 aromatic rings. The van der Waals surface area contributed by atoms with Gasteiger partial charge >= 0.3 is 6.18 Å². The molecule has 0 fully saturated rings. The highest BCUT2D eigenvalue weighted by Gasteiger charge is 2.29. The lowest BCUT2D eigenvalue weighted by Crippen LogP contribution is -2.23. The number of rotatable bonds is 2. The minimum atomic E-state index is -4.28. The van der Waals surface area contributed by atoms with Crippen LogP contribution in [-0.2, 0) is 25.6 Å². The van der Waals surface area contributed by atoms with Crippen molar-refractivity contribution in [3.63, 3.8) is 0 Å². The fourth-order valence-electron chi connectivity index (χ4n) is 2.37. The van der Waals surface area contributed by atoms with Crippen molar-refractivity contribution < 1.29 is 13.2 Å². The number of aromatic amines is 1. The first-order valence-corrected chi connectivity index (χ1v) is 6.46. The van der Waals surface area contributed by atoms with Crippen molar-refractivity contribution in [2.75, 3.05) is 6.54 Å². The Labute approximate surface area is 114 Å². The molecule has 106 valence electrons. The van der Waals surface area contributed by atoms with E-state index in [9.17, 15) is 13.2 Å². The van der Waals surface area contributed by atoms with E-state index in [2.05, 4.69) is 15.3 Å². The molecule has 3 nitrogen and oxygen atoms in total. The Hall–Kier alpha value is -1.82. The number of halogens is 3. The van der Waals surface area contributed by atoms with E-state index in [0.29, 0.717) is 6.42 Å². The standard InChI is InChI=1S/C14H14F3N3/c15-14(16,17)10-3-1-9(2-4-10)7-13-19-11-5-6-18-8-12(11)20-13/h1-4,18H,5-8H2,(H,19,20). The Kier molecular flexibility index (Phi) is 3.25. The highest BCUT2D eigenvalue weighted by atomic mass is 19.4. The number of imidazole rings is 1. The zero-order chi connectivity index (χ0) is 14.2. The normalized spacial score (nSPS) is 15.2. The lowest BCUT2D eigenvalue weighted by molar-refractivity contribution is -0.137. The summed E-state index contributed by atoms with van der Waals surface area (Å²) in [5.41, 5.74) is 2.34. The molecule has 0 radical (unpaired) electrons. The lowest BCUT2D eigenvalue weighted by atomic mass is 10.1. The average Bonchev–Trinajstić information content (AvgIpc) is 2.80. The second-order valence-electron chi connectivity index (χ2n) is 4.91. The minimum absolute atomic E-state index is 0.519. The van der Waals surface area contributed by atoms with E-state index >= 15 is 0 Å². The maximum Gasteiger partial charge on any atom is 0.416 e. The zero-order valence-electron chi connectivity index (χ0n) is 10.7. The number of H-pyrrole nitrogens is 1. The van der Waals surface area contributed by atoms with Gasteiger partial charge in [0, 0.05) is 25.9 Å². The van der Waals surface area contributed by atoms with Gasteiger partial charge in [-0.1, -0.05) is 12.1 Å². The molecule has 3 rings (SSSR count). The molecule has 0 bridgehead atoms. The molecule has 0 amide bonds. The summed E-state index contributed by atoms with van der Waals surface area (Å²) in [6, 6.07) is 5.23. The molecule has 1 aromatic carbocycles. The van der Waals surface area contributed by atoms with Crippen LogP contribution in [0.3, 0.4) is 0 Å². The van der Waals surface area contributed by atoms with Crippen LogP contribution < -0.4 is 5.32 Å². The van der Waals surface area contributed by atoms with Crippen LogP contribution in [0.4, 0.5) is 13.2 Å².